The van der Waals surface area contributed by atoms with Gasteiger partial charge in [-0.1, -0.05) is 24.3 Å². The first-order valence-electron chi connectivity index (χ1n) is 12.0. The van der Waals surface area contributed by atoms with E-state index in [-0.39, 0.29) is 12.5 Å². The third-order valence-corrected chi connectivity index (χ3v) is 6.75. The molecule has 0 atom stereocenters. The van der Waals surface area contributed by atoms with Crippen LogP contribution in [0.5, 0.6) is 5.75 Å². The quantitative estimate of drug-likeness (QED) is 0.770. The number of hydrogen-bond donors (Lipinski definition) is 1. The lowest BCUT2D eigenvalue weighted by Gasteiger charge is -2.31. The van der Waals surface area contributed by atoms with E-state index < -0.39 is 0 Å². The van der Waals surface area contributed by atoms with E-state index in [1.807, 2.05) is 23.1 Å². The Morgan fingerprint density at radius 2 is 1.84 bits per heavy atom. The van der Waals surface area contributed by atoms with Crippen LogP contribution >= 0.6 is 0 Å². The summed E-state index contributed by atoms with van der Waals surface area (Å²) >= 11 is 0. The number of piperidine rings is 1. The highest BCUT2D eigenvalue weighted by Crippen LogP contribution is 2.26. The third kappa shape index (κ3) is 5.90. The van der Waals surface area contributed by atoms with Crippen LogP contribution in [0.4, 0.5) is 0 Å². The Hall–Kier alpha value is -2.37. The summed E-state index contributed by atoms with van der Waals surface area (Å²) in [6, 6.07) is 14.7. The van der Waals surface area contributed by atoms with Crippen molar-refractivity contribution in [3.63, 3.8) is 0 Å². The van der Waals surface area contributed by atoms with Crippen LogP contribution in [0.2, 0.25) is 0 Å². The van der Waals surface area contributed by atoms with Crippen LogP contribution in [0.15, 0.2) is 42.5 Å². The topological polar surface area (TPSA) is 53.0 Å². The number of carbonyl (C=O) groups is 1. The second-order valence-electron chi connectivity index (χ2n) is 9.38. The summed E-state index contributed by atoms with van der Waals surface area (Å²) in [5.41, 5.74) is 4.37. The fourth-order valence-corrected chi connectivity index (χ4v) is 4.78. The Morgan fingerprint density at radius 1 is 1.03 bits per heavy atom. The van der Waals surface area contributed by atoms with Gasteiger partial charge in [0.15, 0.2) is 0 Å². The molecule has 0 radical (unpaired) electrons. The lowest BCUT2D eigenvalue weighted by Crippen LogP contribution is -2.39. The van der Waals surface area contributed by atoms with Gasteiger partial charge >= 0.3 is 0 Å². The number of aliphatic hydroxyl groups excluding tert-OH is 1. The normalized spacial score (nSPS) is 19.0. The Morgan fingerprint density at radius 3 is 2.66 bits per heavy atom. The first-order valence-corrected chi connectivity index (χ1v) is 12.0. The Labute approximate surface area is 192 Å². The van der Waals surface area contributed by atoms with E-state index in [9.17, 15) is 9.90 Å². The molecule has 2 aromatic carbocycles. The van der Waals surface area contributed by atoms with E-state index >= 15 is 0 Å². The number of rotatable bonds is 2. The van der Waals surface area contributed by atoms with Gasteiger partial charge in [-0.2, -0.15) is 0 Å². The van der Waals surface area contributed by atoms with Crippen molar-refractivity contribution < 1.29 is 14.6 Å². The van der Waals surface area contributed by atoms with Gasteiger partial charge < -0.3 is 19.6 Å². The molecular formula is C27H36N2O3. The van der Waals surface area contributed by atoms with Crippen LogP contribution in [0, 0.1) is 5.92 Å². The third-order valence-electron chi connectivity index (χ3n) is 6.75. The maximum Gasteiger partial charge on any atom is 0.253 e. The zero-order valence-corrected chi connectivity index (χ0v) is 19.3. The van der Waals surface area contributed by atoms with E-state index in [2.05, 4.69) is 36.2 Å². The predicted octanol–water partition coefficient (Wildman–Crippen LogP) is 4.12. The summed E-state index contributed by atoms with van der Waals surface area (Å²) in [6.45, 7) is 4.41. The molecule has 2 aliphatic rings. The van der Waals surface area contributed by atoms with Gasteiger partial charge in [0, 0.05) is 38.2 Å². The monoisotopic (exact) mass is 436 g/mol. The van der Waals surface area contributed by atoms with Crippen molar-refractivity contribution in [3.05, 3.63) is 64.7 Å². The number of amides is 1. The zero-order chi connectivity index (χ0) is 22.3. The fourth-order valence-electron chi connectivity index (χ4n) is 4.78. The molecule has 1 fully saturated rings. The summed E-state index contributed by atoms with van der Waals surface area (Å²) in [4.78, 5) is 17.5. The minimum absolute atomic E-state index is 0.0824. The highest BCUT2D eigenvalue weighted by molar-refractivity contribution is 5.94. The number of likely N-dealkylation sites (tertiary alicyclic amines) is 1. The number of ether oxygens (including phenoxy) is 1. The molecule has 0 unspecified atom stereocenters. The molecule has 2 heterocycles. The number of benzene rings is 2. The molecular weight excluding hydrogens is 400 g/mol. The highest BCUT2D eigenvalue weighted by Gasteiger charge is 2.24. The van der Waals surface area contributed by atoms with Crippen LogP contribution in [0.25, 0.3) is 0 Å². The van der Waals surface area contributed by atoms with Gasteiger partial charge in [0.2, 0.25) is 0 Å². The van der Waals surface area contributed by atoms with Gasteiger partial charge in [-0.25, -0.2) is 0 Å². The van der Waals surface area contributed by atoms with E-state index in [1.165, 1.54) is 17.5 Å². The zero-order valence-electron chi connectivity index (χ0n) is 19.3. The molecule has 4 rings (SSSR count). The van der Waals surface area contributed by atoms with E-state index in [0.717, 1.165) is 62.1 Å². The lowest BCUT2D eigenvalue weighted by atomic mass is 9.96. The number of aliphatic hydroxyl groups is 1. The average Bonchev–Trinajstić information content (AvgIpc) is 2.81. The standard InChI is InChI=1S/C27H36N2O3/c1-28-12-3-2-4-15-32-26-9-8-24(27(31)29-13-10-21(20-30)11-14-29)18-25(26)17-22-6-5-7-23(16-22)19-28/h5-9,16,18,21,30H,2-4,10-15,17,19-20H2,1H3. The molecule has 5 heteroatoms. The van der Waals surface area contributed by atoms with E-state index in [4.69, 9.17) is 4.74 Å². The molecule has 0 spiro atoms. The van der Waals surface area contributed by atoms with Gasteiger partial charge in [0.1, 0.15) is 5.75 Å². The molecule has 1 saturated heterocycles. The van der Waals surface area contributed by atoms with Crippen molar-refractivity contribution in [1.29, 1.82) is 0 Å². The first kappa shape index (κ1) is 22.8. The SMILES string of the molecule is CN1CCCCCOc2ccc(C(=O)N3CCC(CO)CC3)cc2Cc2cccc(c2)C1. The number of nitrogens with zero attached hydrogens (tertiary/aromatic N) is 2. The molecule has 2 aliphatic heterocycles. The Balaban J connectivity index is 1.57. The van der Waals surface area contributed by atoms with Gasteiger partial charge in [-0.05, 0) is 86.5 Å². The predicted molar refractivity (Wildman–Crippen MR) is 127 cm³/mol. The van der Waals surface area contributed by atoms with Gasteiger partial charge in [0.05, 0.1) is 6.61 Å². The summed E-state index contributed by atoms with van der Waals surface area (Å²) < 4.78 is 6.17. The average molecular weight is 437 g/mol. The summed E-state index contributed by atoms with van der Waals surface area (Å²) in [5.74, 6) is 1.29. The van der Waals surface area contributed by atoms with Gasteiger partial charge in [-0.3, -0.25) is 4.79 Å². The van der Waals surface area contributed by atoms with Crippen LogP contribution in [0.3, 0.4) is 0 Å². The maximum absolute atomic E-state index is 13.2. The van der Waals surface area contributed by atoms with Crippen molar-refractivity contribution in [2.75, 3.05) is 39.9 Å². The molecule has 1 amide bonds. The molecule has 0 saturated carbocycles. The molecule has 5 nitrogen and oxygen atoms in total. The molecule has 0 aromatic heterocycles. The largest absolute Gasteiger partial charge is 0.493 e. The van der Waals surface area contributed by atoms with Crippen LogP contribution in [-0.2, 0) is 13.0 Å². The van der Waals surface area contributed by atoms with Crippen LogP contribution in [-0.4, -0.2) is 60.7 Å². The van der Waals surface area contributed by atoms with Crippen molar-refractivity contribution in [2.45, 2.75) is 45.1 Å². The smallest absolute Gasteiger partial charge is 0.253 e. The van der Waals surface area contributed by atoms with Gasteiger partial charge in [0.25, 0.3) is 5.91 Å². The first-order chi connectivity index (χ1) is 15.6. The van der Waals surface area contributed by atoms with Crippen LogP contribution in [0.1, 0.15) is 59.2 Å². The van der Waals surface area contributed by atoms with Crippen molar-refractivity contribution in [1.82, 2.24) is 9.80 Å². The summed E-state index contributed by atoms with van der Waals surface area (Å²) in [6.07, 6.45) is 5.86. The Bertz CT molecular complexity index is 906. The summed E-state index contributed by atoms with van der Waals surface area (Å²) in [7, 11) is 2.19. The molecule has 32 heavy (non-hydrogen) atoms. The van der Waals surface area contributed by atoms with E-state index in [1.54, 1.807) is 0 Å². The van der Waals surface area contributed by atoms with E-state index in [0.29, 0.717) is 25.6 Å². The summed E-state index contributed by atoms with van der Waals surface area (Å²) in [5, 5.41) is 9.38. The van der Waals surface area contributed by atoms with Gasteiger partial charge in [-0.15, -0.1) is 0 Å². The Kier molecular flexibility index (Phi) is 7.82. The molecule has 172 valence electrons. The highest BCUT2D eigenvalue weighted by atomic mass is 16.5. The number of carbonyl (C=O) groups excluding carboxylic acids is 1. The molecule has 2 bridgehead atoms. The second-order valence-corrected chi connectivity index (χ2v) is 9.38. The second kappa shape index (κ2) is 11.0. The maximum atomic E-state index is 13.2. The molecule has 0 aliphatic carbocycles. The number of hydrogen-bond acceptors (Lipinski definition) is 4. The van der Waals surface area contributed by atoms with Crippen molar-refractivity contribution in [2.24, 2.45) is 5.92 Å². The van der Waals surface area contributed by atoms with Crippen molar-refractivity contribution >= 4 is 5.91 Å². The number of fused-ring (bicyclic) bond motifs is 3. The molecule has 1 N–H and O–H groups in total. The lowest BCUT2D eigenvalue weighted by molar-refractivity contribution is 0.0650. The fraction of sp³-hybridized carbons (Fsp3) is 0.519. The molecule has 2 aromatic rings. The van der Waals surface area contributed by atoms with Crippen molar-refractivity contribution in [3.8, 4) is 5.75 Å². The van der Waals surface area contributed by atoms with Crippen LogP contribution < -0.4 is 4.74 Å². The minimum Gasteiger partial charge on any atom is -0.493 e. The minimum atomic E-state index is 0.0824.